The van der Waals surface area contributed by atoms with Crippen molar-refractivity contribution >= 4 is 28.9 Å². The quantitative estimate of drug-likeness (QED) is 0.834. The molecule has 0 saturated carbocycles. The zero-order valence-corrected chi connectivity index (χ0v) is 14.6. The van der Waals surface area contributed by atoms with E-state index in [0.29, 0.717) is 12.2 Å². The SMILES string of the molecule is CC(O)CSc1sc(-c2cc[nH]n2)c2c1C(=O)CC(C)(C)C2. The summed E-state index contributed by atoms with van der Waals surface area (Å²) in [4.78, 5) is 13.7. The molecule has 1 aliphatic carbocycles. The Hall–Kier alpha value is -1.11. The molecular formula is C16H20N2O2S2. The van der Waals surface area contributed by atoms with Crippen molar-refractivity contribution in [2.75, 3.05) is 5.75 Å². The second-order valence-electron chi connectivity index (χ2n) is 6.63. The highest BCUT2D eigenvalue weighted by atomic mass is 32.2. The molecule has 1 atom stereocenters. The number of thioether (sulfide) groups is 1. The number of H-pyrrole nitrogens is 1. The van der Waals surface area contributed by atoms with Crippen LogP contribution in [0.3, 0.4) is 0 Å². The van der Waals surface area contributed by atoms with E-state index in [9.17, 15) is 9.90 Å². The number of aliphatic hydroxyl groups excluding tert-OH is 1. The van der Waals surface area contributed by atoms with Gasteiger partial charge in [-0.25, -0.2) is 0 Å². The number of hydrogen-bond acceptors (Lipinski definition) is 5. The van der Waals surface area contributed by atoms with Crippen molar-refractivity contribution in [3.05, 3.63) is 23.4 Å². The Morgan fingerprint density at radius 2 is 2.27 bits per heavy atom. The van der Waals surface area contributed by atoms with Crippen LogP contribution < -0.4 is 0 Å². The first-order valence-electron chi connectivity index (χ1n) is 7.37. The first kappa shape index (κ1) is 15.8. The lowest BCUT2D eigenvalue weighted by atomic mass is 9.74. The van der Waals surface area contributed by atoms with Crippen molar-refractivity contribution in [2.24, 2.45) is 5.41 Å². The fourth-order valence-corrected chi connectivity index (χ4v) is 5.35. The molecule has 0 amide bonds. The van der Waals surface area contributed by atoms with Crippen LogP contribution in [0.5, 0.6) is 0 Å². The van der Waals surface area contributed by atoms with Gasteiger partial charge in [0.2, 0.25) is 0 Å². The molecule has 0 spiro atoms. The number of thiophene rings is 1. The molecule has 118 valence electrons. The molecule has 1 unspecified atom stereocenters. The van der Waals surface area contributed by atoms with Crippen LogP contribution in [0.15, 0.2) is 16.5 Å². The lowest BCUT2D eigenvalue weighted by Gasteiger charge is -2.29. The Labute approximate surface area is 138 Å². The van der Waals surface area contributed by atoms with E-state index in [-0.39, 0.29) is 17.3 Å². The summed E-state index contributed by atoms with van der Waals surface area (Å²) < 4.78 is 1.02. The van der Waals surface area contributed by atoms with Crippen molar-refractivity contribution < 1.29 is 9.90 Å². The van der Waals surface area contributed by atoms with Gasteiger partial charge in [-0.3, -0.25) is 9.89 Å². The molecule has 0 aliphatic heterocycles. The number of ketones is 1. The van der Waals surface area contributed by atoms with Gasteiger partial charge in [0.05, 0.1) is 15.2 Å². The molecule has 0 fully saturated rings. The highest BCUT2D eigenvalue weighted by Crippen LogP contribution is 2.48. The van der Waals surface area contributed by atoms with Crippen LogP contribution in [0.25, 0.3) is 10.6 Å². The standard InChI is InChI=1S/C16H20N2O2S2/c1-9(19)8-21-15-13-10(6-16(2,3)7-12(13)20)14(22-15)11-4-5-17-18-11/h4-5,9,19H,6-8H2,1-3H3,(H,17,18). The summed E-state index contributed by atoms with van der Waals surface area (Å²) in [5, 5.41) is 16.7. The highest BCUT2D eigenvalue weighted by molar-refractivity contribution is 8.01. The predicted octanol–water partition coefficient (Wildman–Crippen LogP) is 3.77. The topological polar surface area (TPSA) is 66.0 Å². The van der Waals surface area contributed by atoms with Crippen molar-refractivity contribution in [3.63, 3.8) is 0 Å². The van der Waals surface area contributed by atoms with Crippen LogP contribution in [0, 0.1) is 5.41 Å². The van der Waals surface area contributed by atoms with Gasteiger partial charge in [0, 0.05) is 23.9 Å². The zero-order chi connectivity index (χ0) is 15.9. The normalized spacial score (nSPS) is 18.3. The Bertz CT molecular complexity index is 687. The minimum Gasteiger partial charge on any atom is -0.393 e. The Balaban J connectivity index is 2.08. The highest BCUT2D eigenvalue weighted by Gasteiger charge is 2.36. The molecule has 1 aliphatic rings. The van der Waals surface area contributed by atoms with Crippen LogP contribution in [0.4, 0.5) is 0 Å². The van der Waals surface area contributed by atoms with Crippen LogP contribution in [-0.2, 0) is 6.42 Å². The molecule has 0 aromatic carbocycles. The molecule has 0 saturated heterocycles. The number of rotatable bonds is 4. The molecule has 4 nitrogen and oxygen atoms in total. The Kier molecular flexibility index (Phi) is 4.18. The maximum atomic E-state index is 12.7. The summed E-state index contributed by atoms with van der Waals surface area (Å²) in [5.74, 6) is 0.821. The number of aliphatic hydroxyl groups is 1. The average molecular weight is 336 g/mol. The fourth-order valence-electron chi connectivity index (χ4n) is 2.85. The first-order valence-corrected chi connectivity index (χ1v) is 9.17. The summed E-state index contributed by atoms with van der Waals surface area (Å²) in [6.07, 6.45) is 2.90. The van der Waals surface area contributed by atoms with Gasteiger partial charge in [0.1, 0.15) is 5.69 Å². The van der Waals surface area contributed by atoms with Crippen molar-refractivity contribution in [1.82, 2.24) is 10.2 Å². The third kappa shape index (κ3) is 3.00. The van der Waals surface area contributed by atoms with E-state index in [1.807, 2.05) is 6.07 Å². The molecule has 0 radical (unpaired) electrons. The van der Waals surface area contributed by atoms with Gasteiger partial charge < -0.3 is 5.11 Å². The summed E-state index contributed by atoms with van der Waals surface area (Å²) in [5.41, 5.74) is 2.89. The second-order valence-corrected chi connectivity index (χ2v) is 8.94. The number of aromatic amines is 1. The maximum absolute atomic E-state index is 12.7. The molecule has 2 N–H and O–H groups in total. The fraction of sp³-hybridized carbons (Fsp3) is 0.500. The minimum absolute atomic E-state index is 0.0115. The van der Waals surface area contributed by atoms with Crippen LogP contribution in [0.1, 0.15) is 43.1 Å². The number of carbonyl (C=O) groups excluding carboxylic acids is 1. The Morgan fingerprint density at radius 3 is 2.91 bits per heavy atom. The van der Waals surface area contributed by atoms with Crippen LogP contribution in [0.2, 0.25) is 0 Å². The molecular weight excluding hydrogens is 316 g/mol. The number of hydrogen-bond donors (Lipinski definition) is 2. The molecule has 22 heavy (non-hydrogen) atoms. The van der Waals surface area contributed by atoms with E-state index in [2.05, 4.69) is 24.0 Å². The first-order chi connectivity index (χ1) is 10.4. The molecule has 2 aromatic rings. The van der Waals surface area contributed by atoms with Crippen LogP contribution in [-0.4, -0.2) is 32.9 Å². The summed E-state index contributed by atoms with van der Waals surface area (Å²) in [7, 11) is 0. The maximum Gasteiger partial charge on any atom is 0.165 e. The van der Waals surface area contributed by atoms with E-state index in [1.54, 1.807) is 36.2 Å². The van der Waals surface area contributed by atoms with E-state index in [0.717, 1.165) is 32.3 Å². The molecule has 0 bridgehead atoms. The lowest BCUT2D eigenvalue weighted by Crippen LogP contribution is -2.26. The number of nitrogens with one attached hydrogen (secondary N) is 1. The lowest BCUT2D eigenvalue weighted by molar-refractivity contribution is 0.0910. The van der Waals surface area contributed by atoms with Gasteiger partial charge in [0.25, 0.3) is 0 Å². The van der Waals surface area contributed by atoms with E-state index < -0.39 is 0 Å². The van der Waals surface area contributed by atoms with Gasteiger partial charge in [-0.1, -0.05) is 13.8 Å². The number of carbonyl (C=O) groups is 1. The summed E-state index contributed by atoms with van der Waals surface area (Å²) >= 11 is 3.20. The van der Waals surface area contributed by atoms with Crippen molar-refractivity contribution in [3.8, 4) is 10.6 Å². The van der Waals surface area contributed by atoms with E-state index >= 15 is 0 Å². The molecule has 2 heterocycles. The van der Waals surface area contributed by atoms with Gasteiger partial charge in [-0.2, -0.15) is 5.10 Å². The number of fused-ring (bicyclic) bond motifs is 1. The van der Waals surface area contributed by atoms with Crippen molar-refractivity contribution in [2.45, 2.75) is 43.9 Å². The van der Waals surface area contributed by atoms with Gasteiger partial charge in [0.15, 0.2) is 5.78 Å². The minimum atomic E-state index is -0.383. The summed E-state index contributed by atoms with van der Waals surface area (Å²) in [6.45, 7) is 6.05. The van der Waals surface area contributed by atoms with Crippen molar-refractivity contribution in [1.29, 1.82) is 0 Å². The third-order valence-electron chi connectivity index (χ3n) is 3.74. The smallest absolute Gasteiger partial charge is 0.165 e. The Morgan fingerprint density at radius 1 is 1.50 bits per heavy atom. The zero-order valence-electron chi connectivity index (χ0n) is 13.0. The molecule has 6 heteroatoms. The van der Waals surface area contributed by atoms with Gasteiger partial charge in [-0.05, 0) is 30.4 Å². The largest absolute Gasteiger partial charge is 0.393 e. The van der Waals surface area contributed by atoms with Crippen LogP contribution >= 0.6 is 23.1 Å². The number of Topliss-reactive ketones (excluding diaryl/α,β-unsaturated/α-hetero) is 1. The summed E-state index contributed by atoms with van der Waals surface area (Å²) in [6, 6.07) is 1.95. The van der Waals surface area contributed by atoms with E-state index in [4.69, 9.17) is 0 Å². The van der Waals surface area contributed by atoms with Gasteiger partial charge in [-0.15, -0.1) is 23.1 Å². The third-order valence-corrected chi connectivity index (χ3v) is 6.51. The monoisotopic (exact) mass is 336 g/mol. The number of aromatic nitrogens is 2. The number of nitrogens with zero attached hydrogens (tertiary/aromatic N) is 1. The molecule has 3 rings (SSSR count). The predicted molar refractivity (Wildman–Crippen MR) is 90.7 cm³/mol. The average Bonchev–Trinajstić information content (AvgIpc) is 3.01. The second kappa shape index (κ2) is 5.83. The van der Waals surface area contributed by atoms with E-state index in [1.165, 1.54) is 0 Å². The molecule has 2 aromatic heterocycles. The van der Waals surface area contributed by atoms with Gasteiger partial charge >= 0.3 is 0 Å².